The van der Waals surface area contributed by atoms with Crippen molar-refractivity contribution >= 4 is 21.8 Å². The van der Waals surface area contributed by atoms with E-state index in [1.165, 1.54) is 43.3 Å². The number of carbonyl (C=O) groups is 2. The molecule has 44 heavy (non-hydrogen) atoms. The van der Waals surface area contributed by atoms with Gasteiger partial charge in [-0.2, -0.15) is 4.72 Å². The van der Waals surface area contributed by atoms with Crippen LogP contribution in [0.4, 0.5) is 4.39 Å². The number of aryl methyl sites for hydroxylation is 1. The molecular formula is C34H33FN2O6S. The van der Waals surface area contributed by atoms with E-state index in [1.54, 1.807) is 43.5 Å². The molecule has 3 atom stereocenters. The minimum atomic E-state index is -4.05. The first-order valence-electron chi connectivity index (χ1n) is 14.2. The van der Waals surface area contributed by atoms with E-state index in [2.05, 4.69) is 4.72 Å². The number of nitrogens with one attached hydrogen (secondary N) is 1. The average Bonchev–Trinajstić information content (AvgIpc) is 3.30. The summed E-state index contributed by atoms with van der Waals surface area (Å²) in [4.78, 5) is 28.7. The molecule has 2 amide bonds. The Bertz CT molecular complexity index is 1730. The maximum Gasteiger partial charge on any atom is 0.242 e. The van der Waals surface area contributed by atoms with Crippen LogP contribution in [-0.2, 0) is 32.6 Å². The first-order chi connectivity index (χ1) is 21.1. The molecular weight excluding hydrogens is 583 g/mol. The molecule has 228 valence electrons. The Morgan fingerprint density at radius 1 is 0.773 bits per heavy atom. The molecule has 1 aliphatic heterocycles. The highest BCUT2D eigenvalue weighted by Gasteiger charge is 2.51. The van der Waals surface area contributed by atoms with Crippen LogP contribution in [-0.4, -0.2) is 38.4 Å². The lowest BCUT2D eigenvalue weighted by Gasteiger charge is -2.24. The van der Waals surface area contributed by atoms with Crippen molar-refractivity contribution in [1.82, 2.24) is 9.62 Å². The van der Waals surface area contributed by atoms with Gasteiger partial charge in [0, 0.05) is 0 Å². The number of hydrogen-bond acceptors (Lipinski definition) is 6. The van der Waals surface area contributed by atoms with E-state index in [0.717, 1.165) is 28.2 Å². The summed E-state index contributed by atoms with van der Waals surface area (Å²) in [6.07, 6.45) is -0.422. The standard InChI is InChI=1S/C34H33FN2O6S/c1-4-23-7-19-30(20-8-23)44(40,41)36-22(2)37-33(38)31(25-9-13-27(35)14-10-25)32(34(37)39)26-11-17-29(18-12-26)43-21-24-5-15-28(42-3)16-6-24/h5-20,22,31-32,36H,4,21H2,1-3H3. The highest BCUT2D eigenvalue weighted by Crippen LogP contribution is 2.43. The van der Waals surface area contributed by atoms with Crippen molar-refractivity contribution in [3.8, 4) is 11.5 Å². The lowest BCUT2D eigenvalue weighted by molar-refractivity contribution is -0.141. The van der Waals surface area contributed by atoms with Crippen LogP contribution in [0.1, 0.15) is 47.9 Å². The fourth-order valence-electron chi connectivity index (χ4n) is 5.32. The highest BCUT2D eigenvalue weighted by atomic mass is 32.2. The number of nitrogens with zero attached hydrogens (tertiary/aromatic N) is 1. The van der Waals surface area contributed by atoms with Crippen molar-refractivity contribution in [1.29, 1.82) is 0 Å². The Kier molecular flexibility index (Phi) is 9.12. The molecule has 0 bridgehead atoms. The lowest BCUT2D eigenvalue weighted by Crippen LogP contribution is -2.49. The molecule has 0 radical (unpaired) electrons. The summed E-state index contributed by atoms with van der Waals surface area (Å²) in [6.45, 7) is 3.73. The summed E-state index contributed by atoms with van der Waals surface area (Å²) in [5.41, 5.74) is 2.91. The Morgan fingerprint density at radius 2 is 1.27 bits per heavy atom. The van der Waals surface area contributed by atoms with Gasteiger partial charge in [-0.3, -0.25) is 14.5 Å². The normalized spacial score (nSPS) is 17.5. The van der Waals surface area contributed by atoms with E-state index in [0.29, 0.717) is 23.5 Å². The fourth-order valence-corrected chi connectivity index (χ4v) is 6.51. The number of carbonyl (C=O) groups excluding carboxylic acids is 2. The van der Waals surface area contributed by atoms with Crippen molar-refractivity contribution in [3.63, 3.8) is 0 Å². The summed E-state index contributed by atoms with van der Waals surface area (Å²) in [6, 6.07) is 26.2. The Morgan fingerprint density at radius 3 is 1.80 bits per heavy atom. The molecule has 3 unspecified atom stereocenters. The van der Waals surface area contributed by atoms with Crippen LogP contribution >= 0.6 is 0 Å². The molecule has 0 aliphatic carbocycles. The molecule has 10 heteroatoms. The molecule has 5 rings (SSSR count). The summed E-state index contributed by atoms with van der Waals surface area (Å²) < 4.78 is 53.7. The molecule has 0 spiro atoms. The van der Waals surface area contributed by atoms with E-state index in [9.17, 15) is 22.4 Å². The molecule has 0 aromatic heterocycles. The number of benzene rings is 4. The van der Waals surface area contributed by atoms with Gasteiger partial charge in [0.25, 0.3) is 0 Å². The third-order valence-corrected chi connectivity index (χ3v) is 9.27. The molecule has 4 aromatic carbocycles. The van der Waals surface area contributed by atoms with Gasteiger partial charge in [-0.25, -0.2) is 12.8 Å². The van der Waals surface area contributed by atoms with E-state index in [4.69, 9.17) is 9.47 Å². The van der Waals surface area contributed by atoms with Gasteiger partial charge < -0.3 is 9.47 Å². The van der Waals surface area contributed by atoms with Crippen molar-refractivity contribution in [3.05, 3.63) is 125 Å². The van der Waals surface area contributed by atoms with Gasteiger partial charge in [-0.05, 0) is 84.1 Å². The molecule has 1 N–H and O–H groups in total. The van der Waals surface area contributed by atoms with Crippen molar-refractivity contribution in [2.24, 2.45) is 0 Å². The van der Waals surface area contributed by atoms with Gasteiger partial charge in [0.1, 0.15) is 30.1 Å². The second-order valence-corrected chi connectivity index (χ2v) is 12.3. The predicted octanol–water partition coefficient (Wildman–Crippen LogP) is 5.54. The molecule has 1 fully saturated rings. The summed E-state index contributed by atoms with van der Waals surface area (Å²) in [5.74, 6) is -2.26. The number of hydrogen-bond donors (Lipinski definition) is 1. The SMILES string of the molecule is CCc1ccc(S(=O)(=O)NC(C)N2C(=O)C(c3ccc(F)cc3)C(c3ccc(OCc4ccc(OC)cc4)cc3)C2=O)cc1. The van der Waals surface area contributed by atoms with Crippen molar-refractivity contribution < 1.29 is 31.9 Å². The van der Waals surface area contributed by atoms with Gasteiger partial charge in [0.2, 0.25) is 21.8 Å². The van der Waals surface area contributed by atoms with Crippen LogP contribution < -0.4 is 14.2 Å². The molecule has 0 saturated carbocycles. The second kappa shape index (κ2) is 13.0. The van der Waals surface area contributed by atoms with Gasteiger partial charge >= 0.3 is 0 Å². The number of likely N-dealkylation sites (tertiary alicyclic amines) is 1. The van der Waals surface area contributed by atoms with Gasteiger partial charge in [0.15, 0.2) is 0 Å². The first-order valence-corrected chi connectivity index (χ1v) is 15.7. The largest absolute Gasteiger partial charge is 0.497 e. The number of rotatable bonds is 11. The quantitative estimate of drug-likeness (QED) is 0.222. The molecule has 8 nitrogen and oxygen atoms in total. The highest BCUT2D eigenvalue weighted by molar-refractivity contribution is 7.89. The Hall–Kier alpha value is -4.54. The smallest absolute Gasteiger partial charge is 0.242 e. The van der Waals surface area contributed by atoms with Crippen molar-refractivity contribution in [2.75, 3.05) is 7.11 Å². The van der Waals surface area contributed by atoms with Gasteiger partial charge in [-0.15, -0.1) is 0 Å². The third-order valence-electron chi connectivity index (χ3n) is 7.73. The zero-order chi connectivity index (χ0) is 31.4. The zero-order valence-electron chi connectivity index (χ0n) is 24.6. The second-order valence-electron chi connectivity index (χ2n) is 10.6. The first kappa shape index (κ1) is 30.9. The molecule has 1 saturated heterocycles. The number of sulfonamides is 1. The monoisotopic (exact) mass is 616 g/mol. The number of halogens is 1. The minimum absolute atomic E-state index is 0.0255. The van der Waals surface area contributed by atoms with E-state index in [-0.39, 0.29) is 4.90 Å². The van der Waals surface area contributed by atoms with Crippen LogP contribution in [0, 0.1) is 5.82 Å². The summed E-state index contributed by atoms with van der Waals surface area (Å²) in [5, 5.41) is 0. The van der Waals surface area contributed by atoms with Crippen LogP contribution in [0.15, 0.2) is 102 Å². The fraction of sp³-hybridized carbons (Fsp3) is 0.235. The topological polar surface area (TPSA) is 102 Å². The number of amides is 2. The average molecular weight is 617 g/mol. The summed E-state index contributed by atoms with van der Waals surface area (Å²) in [7, 11) is -2.45. The van der Waals surface area contributed by atoms with E-state index in [1.807, 2.05) is 31.2 Å². The number of methoxy groups -OCH3 is 1. The van der Waals surface area contributed by atoms with E-state index >= 15 is 0 Å². The predicted molar refractivity (Wildman–Crippen MR) is 163 cm³/mol. The zero-order valence-corrected chi connectivity index (χ0v) is 25.4. The lowest BCUT2D eigenvalue weighted by atomic mass is 9.83. The summed E-state index contributed by atoms with van der Waals surface area (Å²) >= 11 is 0. The van der Waals surface area contributed by atoms with E-state index < -0.39 is 45.7 Å². The Labute approximate surface area is 256 Å². The van der Waals surface area contributed by atoms with Crippen LogP contribution in [0.2, 0.25) is 0 Å². The van der Waals surface area contributed by atoms with Crippen LogP contribution in [0.3, 0.4) is 0 Å². The van der Waals surface area contributed by atoms with Gasteiger partial charge in [0.05, 0.1) is 23.8 Å². The number of imide groups is 1. The maximum atomic E-state index is 13.9. The van der Waals surface area contributed by atoms with Crippen LogP contribution in [0.5, 0.6) is 11.5 Å². The Balaban J connectivity index is 1.39. The minimum Gasteiger partial charge on any atom is -0.497 e. The molecule has 1 aliphatic rings. The molecule has 4 aromatic rings. The molecule has 1 heterocycles. The van der Waals surface area contributed by atoms with Crippen molar-refractivity contribution in [2.45, 2.75) is 49.8 Å². The maximum absolute atomic E-state index is 13.9. The number of ether oxygens (including phenoxy) is 2. The van der Waals surface area contributed by atoms with Gasteiger partial charge in [-0.1, -0.05) is 55.5 Å². The third kappa shape index (κ3) is 6.51. The van der Waals surface area contributed by atoms with Crippen LogP contribution in [0.25, 0.3) is 0 Å².